The third-order valence-corrected chi connectivity index (χ3v) is 15.1. The summed E-state index contributed by atoms with van der Waals surface area (Å²) < 4.78 is 52.9. The van der Waals surface area contributed by atoms with Gasteiger partial charge in [0.25, 0.3) is 0 Å². The highest BCUT2D eigenvalue weighted by atomic mass is 32.2. The molecule has 78 heavy (non-hydrogen) atoms. The molecule has 3 aromatic carbocycles. The number of thioether (sulfide) groups is 1. The number of carbonyl (C=O) groups is 8. The standard InChI is InChI=1S/C59H74O18S/c1-9-11-12-15-39-18-20-41(21-19-39)42-22-24-43(25-23-42)44-26-27-48(40(10-2)30-44)47-31-45(16-13-28-72-50(60)38(3)4)49(46(32-47)17-14-29-73-54(64)51(61)68-5)74-33-58(34-75-55(65)52(62)69-6,35-76-56(66)53(63)70-7)36-77-57(67)59(71-8)37-78-59/h22-27,30-32,39,41H,3,9-21,28-29,33-37H2,1-2,4-8H3. The summed E-state index contributed by atoms with van der Waals surface area (Å²) in [4.78, 5) is 99.0. The van der Waals surface area contributed by atoms with Crippen molar-refractivity contribution in [3.8, 4) is 28.0 Å². The molecule has 5 rings (SSSR count). The molecule has 19 heteroatoms. The van der Waals surface area contributed by atoms with Crippen LogP contribution in [0, 0.1) is 11.3 Å². The van der Waals surface area contributed by atoms with Crippen LogP contribution in [0.25, 0.3) is 22.3 Å². The van der Waals surface area contributed by atoms with E-state index < -0.39 is 84.5 Å². The Kier molecular flexibility index (Phi) is 24.2. The first kappa shape index (κ1) is 62.1. The van der Waals surface area contributed by atoms with Gasteiger partial charge in [0.15, 0.2) is 0 Å². The van der Waals surface area contributed by atoms with E-state index in [1.54, 1.807) is 0 Å². The lowest BCUT2D eigenvalue weighted by molar-refractivity contribution is -0.179. The van der Waals surface area contributed by atoms with Crippen LogP contribution in [0.3, 0.4) is 0 Å². The maximum absolute atomic E-state index is 13.4. The van der Waals surface area contributed by atoms with Gasteiger partial charge in [0.2, 0.25) is 4.93 Å². The first-order chi connectivity index (χ1) is 37.5. The Bertz CT molecular complexity index is 2560. The Balaban J connectivity index is 1.57. The van der Waals surface area contributed by atoms with Gasteiger partial charge in [0, 0.05) is 18.4 Å². The molecule has 0 aromatic heterocycles. The van der Waals surface area contributed by atoms with Gasteiger partial charge in [-0.3, -0.25) is 0 Å². The van der Waals surface area contributed by atoms with Crippen molar-refractivity contribution in [3.05, 3.63) is 89.0 Å². The van der Waals surface area contributed by atoms with Crippen LogP contribution >= 0.6 is 11.8 Å². The van der Waals surface area contributed by atoms with Crippen LogP contribution in [-0.2, 0) is 100 Å². The van der Waals surface area contributed by atoms with Crippen LogP contribution < -0.4 is 4.74 Å². The fourth-order valence-corrected chi connectivity index (χ4v) is 9.92. The minimum absolute atomic E-state index is 0.00566. The van der Waals surface area contributed by atoms with Gasteiger partial charge in [-0.1, -0.05) is 88.6 Å². The third-order valence-electron chi connectivity index (χ3n) is 14.0. The predicted molar refractivity (Wildman–Crippen MR) is 288 cm³/mol. The van der Waals surface area contributed by atoms with Crippen molar-refractivity contribution in [1.82, 2.24) is 0 Å². The lowest BCUT2D eigenvalue weighted by Gasteiger charge is -2.33. The van der Waals surface area contributed by atoms with Crippen LogP contribution in [0.2, 0.25) is 0 Å². The number of methoxy groups -OCH3 is 4. The van der Waals surface area contributed by atoms with E-state index in [1.807, 2.05) is 12.1 Å². The smallest absolute Gasteiger partial charge is 0.417 e. The minimum Gasteiger partial charge on any atom is -0.492 e. The molecule has 3 aromatic rings. The van der Waals surface area contributed by atoms with Gasteiger partial charge in [0.1, 0.15) is 37.6 Å². The lowest BCUT2D eigenvalue weighted by Crippen LogP contribution is -2.46. The number of carbonyl (C=O) groups excluding carboxylic acids is 8. The van der Waals surface area contributed by atoms with Gasteiger partial charge >= 0.3 is 47.8 Å². The first-order valence-electron chi connectivity index (χ1n) is 26.4. The molecule has 424 valence electrons. The average Bonchev–Trinajstić information content (AvgIpc) is 4.31. The van der Waals surface area contributed by atoms with Crippen LogP contribution in [0.4, 0.5) is 0 Å². The predicted octanol–water partition coefficient (Wildman–Crippen LogP) is 8.57. The summed E-state index contributed by atoms with van der Waals surface area (Å²) in [5, 5.41) is 0. The topological polar surface area (TPSA) is 229 Å². The highest BCUT2D eigenvalue weighted by Crippen LogP contribution is 2.46. The van der Waals surface area contributed by atoms with Crippen LogP contribution in [-0.4, -0.2) is 127 Å². The molecule has 1 aliphatic heterocycles. The molecule has 0 amide bonds. The second-order valence-corrected chi connectivity index (χ2v) is 20.9. The van der Waals surface area contributed by atoms with E-state index in [4.69, 9.17) is 33.2 Å². The van der Waals surface area contributed by atoms with Crippen molar-refractivity contribution < 1.29 is 85.7 Å². The number of rotatable bonds is 28. The van der Waals surface area contributed by atoms with Crippen molar-refractivity contribution in [2.24, 2.45) is 11.3 Å². The maximum Gasteiger partial charge on any atom is 0.417 e. The third kappa shape index (κ3) is 17.6. The second-order valence-electron chi connectivity index (χ2n) is 19.7. The van der Waals surface area contributed by atoms with Crippen molar-refractivity contribution in [2.45, 2.75) is 115 Å². The quantitative estimate of drug-likeness (QED) is 0.0166. The minimum atomic E-state index is -1.84. The van der Waals surface area contributed by atoms with Crippen molar-refractivity contribution in [3.63, 3.8) is 0 Å². The molecule has 2 aliphatic rings. The summed E-state index contributed by atoms with van der Waals surface area (Å²) >= 11 is 1.16. The summed E-state index contributed by atoms with van der Waals surface area (Å²) in [5.74, 6) is -7.43. The molecular formula is C59H74O18S. The highest BCUT2D eigenvalue weighted by molar-refractivity contribution is 8.08. The Hall–Kier alpha value is -6.73. The number of hydrogen-bond donors (Lipinski definition) is 0. The highest BCUT2D eigenvalue weighted by Gasteiger charge is 2.55. The summed E-state index contributed by atoms with van der Waals surface area (Å²) in [6.07, 6.45) is 11.7. The van der Waals surface area contributed by atoms with Gasteiger partial charge in [-0.05, 0) is 133 Å². The molecule has 0 bridgehead atoms. The first-order valence-corrected chi connectivity index (χ1v) is 27.4. The molecule has 18 nitrogen and oxygen atoms in total. The van der Waals surface area contributed by atoms with Gasteiger partial charge in [-0.25, -0.2) is 38.4 Å². The summed E-state index contributed by atoms with van der Waals surface area (Å²) in [6, 6.07) is 19.1. The van der Waals surface area contributed by atoms with Crippen LogP contribution in [0.1, 0.15) is 113 Å². The molecule has 1 saturated heterocycles. The van der Waals surface area contributed by atoms with E-state index in [1.165, 1.54) is 71.0 Å². The van der Waals surface area contributed by atoms with Crippen LogP contribution in [0.15, 0.2) is 66.7 Å². The van der Waals surface area contributed by atoms with Gasteiger partial charge in [-0.2, -0.15) is 0 Å². The SMILES string of the molecule is C=C(C)C(=O)OCCCc1cc(-c2ccc(-c3ccc(C4CCC(CCCCC)CC4)cc3)cc2CC)cc(CCCOC(=O)C(=O)OC)c1OCC(COC(=O)C(=O)OC)(COC(=O)C(=O)OC)COC(=O)C1(OC)CS1. The van der Waals surface area contributed by atoms with Crippen molar-refractivity contribution >= 4 is 59.5 Å². The normalized spacial score (nSPS) is 16.7. The van der Waals surface area contributed by atoms with E-state index in [9.17, 15) is 38.4 Å². The molecule has 1 saturated carbocycles. The zero-order chi connectivity index (χ0) is 56.8. The number of hydrogen-bond acceptors (Lipinski definition) is 19. The Morgan fingerprint density at radius 3 is 1.60 bits per heavy atom. The number of ether oxygens (including phenoxy) is 10. The molecule has 1 heterocycles. The monoisotopic (exact) mass is 1100 g/mol. The largest absolute Gasteiger partial charge is 0.492 e. The van der Waals surface area contributed by atoms with E-state index in [2.05, 4.69) is 77.1 Å². The second kappa shape index (κ2) is 30.4. The zero-order valence-electron chi connectivity index (χ0n) is 46.0. The van der Waals surface area contributed by atoms with E-state index in [-0.39, 0.29) is 56.0 Å². The molecule has 0 N–H and O–H groups in total. The summed E-state index contributed by atoms with van der Waals surface area (Å²) in [7, 11) is 4.32. The number of aryl methyl sites for hydroxylation is 3. The zero-order valence-corrected chi connectivity index (χ0v) is 46.8. The number of benzene rings is 3. The van der Waals surface area contributed by atoms with Crippen LogP contribution in [0.5, 0.6) is 5.75 Å². The molecule has 0 radical (unpaired) electrons. The molecule has 0 spiro atoms. The van der Waals surface area contributed by atoms with Gasteiger partial charge in [-0.15, -0.1) is 11.8 Å². The molecule has 1 unspecified atom stereocenters. The Morgan fingerprint density at radius 2 is 1.10 bits per heavy atom. The molecule has 2 fully saturated rings. The van der Waals surface area contributed by atoms with E-state index >= 15 is 0 Å². The van der Waals surface area contributed by atoms with E-state index in [0.717, 1.165) is 66.8 Å². The van der Waals surface area contributed by atoms with Crippen molar-refractivity contribution in [2.75, 3.05) is 73.8 Å². The van der Waals surface area contributed by atoms with Crippen molar-refractivity contribution in [1.29, 1.82) is 0 Å². The molecule has 1 atom stereocenters. The molecular weight excluding hydrogens is 1030 g/mol. The summed E-state index contributed by atoms with van der Waals surface area (Å²) in [6.45, 7) is 6.51. The average molecular weight is 1100 g/mol. The fraction of sp³-hybridized carbons (Fsp3) is 0.525. The maximum atomic E-state index is 13.4. The Labute approximate surface area is 460 Å². The van der Waals surface area contributed by atoms with Gasteiger partial charge in [0.05, 0.1) is 34.5 Å². The number of unbranched alkanes of at least 4 members (excludes halogenated alkanes) is 2. The molecule has 1 aliphatic carbocycles. The Morgan fingerprint density at radius 1 is 0.590 bits per heavy atom. The van der Waals surface area contributed by atoms with E-state index in [0.29, 0.717) is 23.5 Å². The lowest BCUT2D eigenvalue weighted by atomic mass is 9.77. The number of esters is 8. The van der Waals surface area contributed by atoms with Gasteiger partial charge < -0.3 is 47.4 Å². The fourth-order valence-electron chi connectivity index (χ4n) is 9.26. The summed E-state index contributed by atoms with van der Waals surface area (Å²) in [5.41, 5.74) is 5.75.